The molecule has 0 saturated carbocycles. The zero-order valence-corrected chi connectivity index (χ0v) is 13.6. The number of hydrogen-bond acceptors (Lipinski definition) is 2. The fraction of sp³-hybridized carbons (Fsp3) is 0.900. The van der Waals surface area contributed by atoms with Crippen LogP contribution >= 0.6 is 0 Å². The van der Waals surface area contributed by atoms with Crippen molar-refractivity contribution in [3.63, 3.8) is 0 Å². The van der Waals surface area contributed by atoms with E-state index in [9.17, 15) is 4.79 Å². The summed E-state index contributed by atoms with van der Waals surface area (Å²) in [7, 11) is -1.43. The van der Waals surface area contributed by atoms with Gasteiger partial charge in [-0.3, -0.25) is 0 Å². The molecule has 0 aromatic heterocycles. The summed E-state index contributed by atoms with van der Waals surface area (Å²) in [5.41, 5.74) is 0. The molecule has 0 aliphatic rings. The Balaban J connectivity index is 3.89. The van der Waals surface area contributed by atoms with Crippen LogP contribution in [0.1, 0.15) is 19.8 Å². The molecule has 0 aliphatic carbocycles. The molecule has 5 heteroatoms. The van der Waals surface area contributed by atoms with E-state index in [4.69, 9.17) is 9.53 Å². The molecule has 0 bridgehead atoms. The zero-order chi connectivity index (χ0) is 12.1. The summed E-state index contributed by atoms with van der Waals surface area (Å²) in [4.78, 5) is 13.1. The van der Waals surface area contributed by atoms with E-state index >= 15 is 0 Å². The van der Waals surface area contributed by atoms with Crippen LogP contribution in [0.5, 0.6) is 0 Å². The van der Waals surface area contributed by atoms with Crippen LogP contribution in [0.15, 0.2) is 0 Å². The van der Waals surface area contributed by atoms with Crippen molar-refractivity contribution < 1.29 is 14.3 Å². The molecule has 0 fully saturated rings. The molecule has 1 atom stereocenters. The molecule has 0 aromatic carbocycles. The van der Waals surface area contributed by atoms with Gasteiger partial charge in [0.05, 0.1) is 0 Å². The number of rotatable bonds is 7. The van der Waals surface area contributed by atoms with Gasteiger partial charge < -0.3 is 0 Å². The Kier molecular flexibility index (Phi) is 6.42. The van der Waals surface area contributed by atoms with Crippen LogP contribution in [-0.2, 0) is 9.22 Å². The van der Waals surface area contributed by atoms with Crippen LogP contribution in [0.2, 0.25) is 28.1 Å². The molecular weight excluding hydrogens is 324 g/mol. The van der Waals surface area contributed by atoms with E-state index in [0.29, 0.717) is 6.61 Å². The van der Waals surface area contributed by atoms with Crippen molar-refractivity contribution in [2.24, 2.45) is 0 Å². The third kappa shape index (κ3) is 6.57. The Morgan fingerprint density at radius 2 is 2.00 bits per heavy atom. The van der Waals surface area contributed by atoms with E-state index in [-0.39, 0.29) is 0 Å². The Bertz CT molecular complexity index is 215. The standard InChI is InChI=1S/C10H22O3SiTe/c1-10(15-5,9(11)12)7-6-8-13-14(2,3)4/h6-8H2,1-5H3,(H,11,12). The van der Waals surface area contributed by atoms with Crippen LogP contribution in [0.4, 0.5) is 0 Å². The molecule has 0 rings (SSSR count). The second kappa shape index (κ2) is 6.24. The Hall–Kier alpha value is 0.436. The fourth-order valence-corrected chi connectivity index (χ4v) is 3.33. The first-order valence-electron chi connectivity index (χ1n) is 5.14. The molecule has 1 N–H and O–H groups in total. The van der Waals surface area contributed by atoms with E-state index in [1.165, 1.54) is 0 Å². The van der Waals surface area contributed by atoms with E-state index in [1.807, 2.05) is 6.92 Å². The third-order valence-electron chi connectivity index (χ3n) is 2.24. The van der Waals surface area contributed by atoms with Crippen molar-refractivity contribution in [1.29, 1.82) is 0 Å². The van der Waals surface area contributed by atoms with Crippen LogP contribution in [-0.4, -0.2) is 46.9 Å². The van der Waals surface area contributed by atoms with Gasteiger partial charge in [-0.15, -0.1) is 0 Å². The first kappa shape index (κ1) is 15.4. The molecule has 0 aliphatic heterocycles. The molecular formula is C10H22O3SiTe. The maximum absolute atomic E-state index is 11.0. The second-order valence-corrected chi connectivity index (χ2v) is 13.1. The number of carboxylic acids is 1. The third-order valence-corrected chi connectivity index (χ3v) is 6.96. The summed E-state index contributed by atoms with van der Waals surface area (Å²) in [6.07, 6.45) is 1.62. The average molecular weight is 346 g/mol. The van der Waals surface area contributed by atoms with E-state index < -0.39 is 38.7 Å². The van der Waals surface area contributed by atoms with Gasteiger partial charge in [0, 0.05) is 0 Å². The van der Waals surface area contributed by atoms with Crippen molar-refractivity contribution in [2.75, 3.05) is 6.61 Å². The summed E-state index contributed by atoms with van der Waals surface area (Å²) in [6.45, 7) is 9.03. The molecule has 0 heterocycles. The predicted octanol–water partition coefficient (Wildman–Crippen LogP) is 2.63. The zero-order valence-electron chi connectivity index (χ0n) is 10.3. The monoisotopic (exact) mass is 348 g/mol. The van der Waals surface area contributed by atoms with Crippen molar-refractivity contribution in [1.82, 2.24) is 0 Å². The van der Waals surface area contributed by atoms with Crippen LogP contribution < -0.4 is 0 Å². The van der Waals surface area contributed by atoms with Crippen molar-refractivity contribution in [2.45, 2.75) is 47.8 Å². The predicted molar refractivity (Wildman–Crippen MR) is 66.2 cm³/mol. The van der Waals surface area contributed by atoms with Gasteiger partial charge in [-0.05, 0) is 0 Å². The second-order valence-electron chi connectivity index (χ2n) is 4.80. The Morgan fingerprint density at radius 3 is 2.33 bits per heavy atom. The van der Waals surface area contributed by atoms with Crippen molar-refractivity contribution in [3.8, 4) is 0 Å². The summed E-state index contributed by atoms with van der Waals surface area (Å²) in [6, 6.07) is 0. The summed E-state index contributed by atoms with van der Waals surface area (Å²) in [5.74, 6) is -0.639. The van der Waals surface area contributed by atoms with Crippen molar-refractivity contribution in [3.05, 3.63) is 0 Å². The SMILES string of the molecule is C[Te]C(C)(CCCO[Si](C)(C)C)C(=O)O. The molecule has 0 spiro atoms. The molecule has 0 amide bonds. The average Bonchev–Trinajstić information content (AvgIpc) is 2.10. The molecule has 3 nitrogen and oxygen atoms in total. The van der Waals surface area contributed by atoms with Gasteiger partial charge in [-0.25, -0.2) is 0 Å². The summed E-state index contributed by atoms with van der Waals surface area (Å²) < 4.78 is 5.26. The molecule has 0 aromatic rings. The van der Waals surface area contributed by atoms with Gasteiger partial charge >= 0.3 is 104 Å². The van der Waals surface area contributed by atoms with Crippen LogP contribution in [0, 0.1) is 0 Å². The van der Waals surface area contributed by atoms with Gasteiger partial charge in [0.25, 0.3) is 0 Å². The number of carbonyl (C=O) groups is 1. The maximum atomic E-state index is 11.0. The summed E-state index contributed by atoms with van der Waals surface area (Å²) >= 11 is -0.445. The quantitative estimate of drug-likeness (QED) is 0.570. The topological polar surface area (TPSA) is 46.5 Å². The van der Waals surface area contributed by atoms with Gasteiger partial charge in [-0.1, -0.05) is 0 Å². The molecule has 90 valence electrons. The first-order valence-corrected chi connectivity index (χ1v) is 12.0. The molecule has 1 unspecified atom stereocenters. The van der Waals surface area contributed by atoms with Crippen LogP contribution in [0.3, 0.4) is 0 Å². The van der Waals surface area contributed by atoms with Crippen molar-refractivity contribution >= 4 is 35.2 Å². The van der Waals surface area contributed by atoms with Gasteiger partial charge in [0.15, 0.2) is 0 Å². The van der Waals surface area contributed by atoms with E-state index in [0.717, 1.165) is 12.8 Å². The molecule has 0 radical (unpaired) electrons. The number of hydrogen-bond donors (Lipinski definition) is 1. The minimum absolute atomic E-state index is 0.445. The van der Waals surface area contributed by atoms with E-state index in [2.05, 4.69) is 24.6 Å². The molecule has 0 saturated heterocycles. The Morgan fingerprint density at radius 1 is 1.47 bits per heavy atom. The normalized spacial score (nSPS) is 16.1. The van der Waals surface area contributed by atoms with Gasteiger partial charge in [0.2, 0.25) is 0 Å². The minimum atomic E-state index is -1.43. The Labute approximate surface area is 104 Å². The molecule has 15 heavy (non-hydrogen) atoms. The van der Waals surface area contributed by atoms with E-state index in [1.54, 1.807) is 0 Å². The van der Waals surface area contributed by atoms with Crippen LogP contribution in [0.25, 0.3) is 0 Å². The first-order chi connectivity index (χ1) is 6.71. The number of aliphatic carboxylic acids is 1. The van der Waals surface area contributed by atoms with Gasteiger partial charge in [-0.2, -0.15) is 0 Å². The fourth-order valence-electron chi connectivity index (χ4n) is 1.08. The number of carboxylic acid groups (broad SMARTS) is 1. The van der Waals surface area contributed by atoms with Gasteiger partial charge in [0.1, 0.15) is 0 Å². The summed E-state index contributed by atoms with van der Waals surface area (Å²) in [5, 5.41) is 9.09.